The van der Waals surface area contributed by atoms with Crippen LogP contribution >= 0.6 is 24.8 Å². The second-order valence-corrected chi connectivity index (χ2v) is 60.1. The van der Waals surface area contributed by atoms with Gasteiger partial charge in [0, 0.05) is 0 Å². The molecule has 2 atom stereocenters. The first-order valence-corrected chi connectivity index (χ1v) is 37.3. The molecule has 0 spiro atoms. The van der Waals surface area contributed by atoms with Crippen LogP contribution in [-0.4, -0.2) is 6.94 Å². The fourth-order valence-electron chi connectivity index (χ4n) is 8.66. The fraction of sp³-hybridized carbons (Fsp3) is 0.364. The van der Waals surface area contributed by atoms with Gasteiger partial charge in [-0.15, -0.1) is 24.8 Å². The molecule has 0 heterocycles. The molecule has 0 bridgehead atoms. The number of fused-ring (bicyclic) bond motifs is 2. The minimum Gasteiger partial charge on any atom is -0.147 e. The van der Waals surface area contributed by atoms with Crippen LogP contribution in [0.3, 0.4) is 0 Å². The van der Waals surface area contributed by atoms with Gasteiger partial charge in [0.25, 0.3) is 0 Å². The van der Waals surface area contributed by atoms with Crippen molar-refractivity contribution < 1.29 is 17.1 Å². The van der Waals surface area contributed by atoms with Crippen LogP contribution in [0.15, 0.2) is 84.9 Å². The van der Waals surface area contributed by atoms with Gasteiger partial charge in [0.15, 0.2) is 0 Å². The molecule has 0 saturated carbocycles. The summed E-state index contributed by atoms with van der Waals surface area (Å²) in [6.45, 7) is 21.5. The molecule has 0 amide bonds. The van der Waals surface area contributed by atoms with E-state index < -0.39 is 17.1 Å². The van der Waals surface area contributed by atoms with E-state index in [1.165, 1.54) is 44.5 Å². The van der Waals surface area contributed by atoms with Gasteiger partial charge in [0.2, 0.25) is 0 Å². The standard InChI is InChI=1S/2C21H23.2CH3.2ClH.Hf.H2Si/c2*1-14(2)17-10-19-11-18(16-8-6-5-7-9-16)13-21(19)20(12-17)15(3)4;;;;;;/h2*5-15H,1-4H3;2*1H3;2*1H;;1H2. The molecule has 254 valence electrons. The van der Waals surface area contributed by atoms with Gasteiger partial charge in [-0.3, -0.25) is 0 Å². The first-order chi connectivity index (χ1) is 21.7. The molecule has 0 fully saturated rings. The maximum atomic E-state index is 2.82. The van der Waals surface area contributed by atoms with Crippen LogP contribution in [0.5, 0.6) is 0 Å². The van der Waals surface area contributed by atoms with Gasteiger partial charge in [-0.1, -0.05) is 0 Å². The summed E-state index contributed by atoms with van der Waals surface area (Å²) in [7, 11) is 0. The van der Waals surface area contributed by atoms with Crippen molar-refractivity contribution in [2.45, 2.75) is 95.8 Å². The normalized spacial score (nSPS) is 17.2. The maximum Gasteiger partial charge on any atom is -0.147 e. The second kappa shape index (κ2) is 14.3. The van der Waals surface area contributed by atoms with Crippen LogP contribution in [0.4, 0.5) is 0 Å². The van der Waals surface area contributed by atoms with Crippen LogP contribution in [0.25, 0.3) is 23.3 Å². The predicted octanol–water partition coefficient (Wildman–Crippen LogP) is 13.2. The van der Waals surface area contributed by atoms with E-state index in [4.69, 9.17) is 0 Å². The Morgan fingerprint density at radius 1 is 0.500 bits per heavy atom. The fourth-order valence-corrected chi connectivity index (χ4v) is 35.3. The molecule has 0 aromatic heterocycles. The van der Waals surface area contributed by atoms with E-state index in [0.717, 1.165) is 0 Å². The smallest absolute Gasteiger partial charge is 0.147 e. The van der Waals surface area contributed by atoms with Gasteiger partial charge in [-0.25, -0.2) is 0 Å². The van der Waals surface area contributed by atoms with E-state index in [1.807, 2.05) is 0 Å². The van der Waals surface area contributed by atoms with Crippen LogP contribution < -0.4 is 0 Å². The third kappa shape index (κ3) is 6.73. The molecule has 4 heteroatoms. The van der Waals surface area contributed by atoms with Crippen molar-refractivity contribution >= 4 is 55.1 Å². The molecule has 4 aromatic rings. The third-order valence-electron chi connectivity index (χ3n) is 11.1. The number of halogens is 2. The summed E-state index contributed by atoms with van der Waals surface area (Å²) in [5.74, 6) is 1.94. The minimum atomic E-state index is -4.12. The Hall–Kier alpha value is -1.97. The first kappa shape index (κ1) is 38.8. The molecule has 2 unspecified atom stereocenters. The van der Waals surface area contributed by atoms with E-state index in [2.05, 4.69) is 169 Å². The molecule has 6 rings (SSSR count). The quantitative estimate of drug-likeness (QED) is 0.155. The molecule has 0 N–H and O–H groups in total. The average molecular weight is 862 g/mol. The SMILES string of the molecule is CC(C)c1cc(C(C)C)c2c(c1)[CH]([Hf]([CH3])([CH3])(=[SiH2])[CH]1C(c3ccccc3)=Cc3c(C(C)C)cc(C(C)C)cc31)C(c1ccccc1)=C2.Cl.Cl. The van der Waals surface area contributed by atoms with Crippen molar-refractivity contribution in [3.8, 4) is 0 Å². The molecule has 48 heavy (non-hydrogen) atoms. The third-order valence-corrected chi connectivity index (χ3v) is 35.8. The largest absolute Gasteiger partial charge is 0.147 e. The minimum absolute atomic E-state index is 0. The van der Waals surface area contributed by atoms with Crippen molar-refractivity contribution in [1.29, 1.82) is 0 Å². The van der Waals surface area contributed by atoms with Crippen LogP contribution in [0, 0.1) is 0 Å². The van der Waals surface area contributed by atoms with Gasteiger partial charge in [-0.2, -0.15) is 0 Å². The number of benzene rings is 4. The van der Waals surface area contributed by atoms with Crippen LogP contribution in [0.1, 0.15) is 142 Å². The molecule has 0 nitrogen and oxygen atoms in total. The molecule has 0 radical (unpaired) electrons. The molecule has 2 aliphatic carbocycles. The summed E-state index contributed by atoms with van der Waals surface area (Å²) in [6.07, 6.45) is 5.24. The monoisotopic (exact) mass is 862 g/mol. The number of hydrogen-bond acceptors (Lipinski definition) is 0. The summed E-state index contributed by atoms with van der Waals surface area (Å²) in [4.78, 5) is 0. The van der Waals surface area contributed by atoms with Crippen molar-refractivity contribution in [3.63, 3.8) is 0 Å². The molecular weight excluding hydrogens is 806 g/mol. The number of rotatable bonds is 8. The van der Waals surface area contributed by atoms with E-state index in [0.29, 0.717) is 31.0 Å². The molecule has 4 aromatic carbocycles. The Bertz CT molecular complexity index is 1790. The van der Waals surface area contributed by atoms with Crippen molar-refractivity contribution in [1.82, 2.24) is 0 Å². The zero-order valence-electron chi connectivity index (χ0n) is 30.7. The van der Waals surface area contributed by atoms with Gasteiger partial charge in [-0.05, 0) is 0 Å². The number of allylic oxidation sites excluding steroid dienone is 2. The van der Waals surface area contributed by atoms with Gasteiger partial charge in [0.1, 0.15) is 0 Å². The zero-order valence-corrected chi connectivity index (χ0v) is 37.4. The van der Waals surface area contributed by atoms with Gasteiger partial charge in [0.05, 0.1) is 0 Å². The van der Waals surface area contributed by atoms with Crippen molar-refractivity contribution in [2.24, 2.45) is 0 Å². The Balaban J connectivity index is 0.00000260. The maximum absolute atomic E-state index is 4.12. The summed E-state index contributed by atoms with van der Waals surface area (Å²) in [5, 5.41) is 0. The summed E-state index contributed by atoms with van der Waals surface area (Å²) in [6, 6.07) is 33.0. The topological polar surface area (TPSA) is 0 Å². The average Bonchev–Trinajstić information content (AvgIpc) is 3.61. The predicted molar refractivity (Wildman–Crippen MR) is 218 cm³/mol. The first-order valence-electron chi connectivity index (χ1n) is 17.6. The summed E-state index contributed by atoms with van der Waals surface area (Å²) in [5.41, 5.74) is 18.1. The molecule has 2 aliphatic rings. The van der Waals surface area contributed by atoms with Crippen molar-refractivity contribution in [3.05, 3.63) is 141 Å². The number of hydrogen-bond donors (Lipinski definition) is 0. The zero-order chi connectivity index (χ0) is 33.2. The van der Waals surface area contributed by atoms with Crippen LogP contribution in [0.2, 0.25) is 9.36 Å². The molecular formula is C44H56Cl2HfSi. The Morgan fingerprint density at radius 3 is 1.12 bits per heavy atom. The Labute approximate surface area is 306 Å². The summed E-state index contributed by atoms with van der Waals surface area (Å²) >= 11 is -4.12. The Morgan fingerprint density at radius 2 is 0.833 bits per heavy atom. The van der Waals surface area contributed by atoms with E-state index in [-0.39, 0.29) is 24.8 Å². The van der Waals surface area contributed by atoms with Gasteiger partial charge >= 0.3 is 284 Å². The van der Waals surface area contributed by atoms with E-state index in [1.54, 1.807) is 22.3 Å². The Kier molecular flexibility index (Phi) is 11.6. The van der Waals surface area contributed by atoms with E-state index in [9.17, 15) is 0 Å². The van der Waals surface area contributed by atoms with E-state index >= 15 is 0 Å². The molecule has 0 aliphatic heterocycles. The molecule has 0 saturated heterocycles. The second-order valence-electron chi connectivity index (χ2n) is 16.6. The summed E-state index contributed by atoms with van der Waals surface area (Å²) < 4.78 is 6.49. The van der Waals surface area contributed by atoms with Crippen LogP contribution in [-0.2, 0) is 17.1 Å². The van der Waals surface area contributed by atoms with Crippen molar-refractivity contribution in [2.75, 3.05) is 0 Å². The van der Waals surface area contributed by atoms with Gasteiger partial charge < -0.3 is 0 Å².